The number of pyridine rings is 1. The van der Waals surface area contributed by atoms with E-state index >= 15 is 0 Å². The highest BCUT2D eigenvalue weighted by Crippen LogP contribution is 2.33. The van der Waals surface area contributed by atoms with Crippen LogP contribution in [0.1, 0.15) is 24.8 Å². The van der Waals surface area contributed by atoms with E-state index in [1.54, 1.807) is 0 Å². The maximum atomic E-state index is 12.1. The first kappa shape index (κ1) is 14.5. The fraction of sp³-hybridized carbons (Fsp3) is 0.263. The third-order valence-electron chi connectivity index (χ3n) is 4.31. The Morgan fingerprint density at radius 3 is 2.96 bits per heavy atom. The van der Waals surface area contributed by atoms with Crippen molar-refractivity contribution in [3.8, 4) is 11.3 Å². The van der Waals surface area contributed by atoms with Gasteiger partial charge in [0.05, 0.1) is 11.9 Å². The third kappa shape index (κ3) is 3.15. The van der Waals surface area contributed by atoms with E-state index in [0.29, 0.717) is 23.1 Å². The van der Waals surface area contributed by atoms with Crippen molar-refractivity contribution in [2.45, 2.75) is 25.7 Å². The van der Waals surface area contributed by atoms with Gasteiger partial charge in [0.15, 0.2) is 0 Å². The van der Waals surface area contributed by atoms with Crippen LogP contribution in [0.15, 0.2) is 48.8 Å². The summed E-state index contributed by atoms with van der Waals surface area (Å²) in [5, 5.41) is 0.675. The number of Topliss-reactive ketones (excluding diaryl/α,β-unsaturated/α-hetero) is 1. The van der Waals surface area contributed by atoms with Crippen molar-refractivity contribution < 1.29 is 4.79 Å². The molecule has 0 bridgehead atoms. The summed E-state index contributed by atoms with van der Waals surface area (Å²) < 4.78 is 2.01. The number of ketones is 1. The Hall–Kier alpha value is -2.13. The lowest BCUT2D eigenvalue weighted by Crippen LogP contribution is -2.03. The first-order chi connectivity index (χ1) is 11.2. The summed E-state index contributed by atoms with van der Waals surface area (Å²) in [6.45, 7) is 0. The second-order valence-corrected chi connectivity index (χ2v) is 6.72. The van der Waals surface area contributed by atoms with E-state index in [1.165, 1.54) is 12.8 Å². The molecule has 23 heavy (non-hydrogen) atoms. The summed E-state index contributed by atoms with van der Waals surface area (Å²) in [4.78, 5) is 16.5. The average Bonchev–Trinajstić information content (AvgIpc) is 3.24. The number of benzene rings is 1. The molecule has 0 spiro atoms. The maximum Gasteiger partial charge on any atom is 0.138 e. The highest BCUT2D eigenvalue weighted by atomic mass is 35.5. The Kier molecular flexibility index (Phi) is 3.66. The molecule has 116 valence electrons. The summed E-state index contributed by atoms with van der Waals surface area (Å²) >= 11 is 6.01. The van der Waals surface area contributed by atoms with Crippen molar-refractivity contribution in [2.75, 3.05) is 0 Å². The molecule has 1 aliphatic carbocycles. The molecule has 0 saturated heterocycles. The van der Waals surface area contributed by atoms with Crippen LogP contribution in [-0.2, 0) is 11.2 Å². The first-order valence-corrected chi connectivity index (χ1v) is 8.30. The largest absolute Gasteiger partial charge is 0.300 e. The number of aromatic nitrogens is 2. The van der Waals surface area contributed by atoms with Crippen molar-refractivity contribution in [1.82, 2.24) is 9.38 Å². The molecule has 1 fully saturated rings. The highest BCUT2D eigenvalue weighted by Gasteiger charge is 2.24. The van der Waals surface area contributed by atoms with Gasteiger partial charge in [-0.3, -0.25) is 9.20 Å². The smallest absolute Gasteiger partial charge is 0.138 e. The molecule has 0 unspecified atom stereocenters. The van der Waals surface area contributed by atoms with Gasteiger partial charge in [-0.25, -0.2) is 4.98 Å². The lowest BCUT2D eigenvalue weighted by atomic mass is 10.0. The van der Waals surface area contributed by atoms with Gasteiger partial charge in [0.1, 0.15) is 11.4 Å². The molecule has 1 aromatic carbocycles. The fourth-order valence-corrected chi connectivity index (χ4v) is 3.11. The number of carbonyl (C=O) groups is 1. The Balaban J connectivity index is 1.62. The SMILES string of the molecule is O=C(Cc1cccc(-c2cnc3cc(Cl)ccn23)c1)CC1CC1. The molecule has 2 heterocycles. The van der Waals surface area contributed by atoms with Crippen LogP contribution in [0.2, 0.25) is 5.02 Å². The minimum Gasteiger partial charge on any atom is -0.300 e. The maximum absolute atomic E-state index is 12.1. The van der Waals surface area contributed by atoms with E-state index in [0.717, 1.165) is 28.9 Å². The van der Waals surface area contributed by atoms with Crippen LogP contribution in [0.25, 0.3) is 16.9 Å². The average molecular weight is 325 g/mol. The van der Waals surface area contributed by atoms with Crippen LogP contribution >= 0.6 is 11.6 Å². The van der Waals surface area contributed by atoms with Crippen molar-refractivity contribution in [3.63, 3.8) is 0 Å². The zero-order valence-corrected chi connectivity index (χ0v) is 13.5. The van der Waals surface area contributed by atoms with Crippen LogP contribution in [0.4, 0.5) is 0 Å². The molecule has 3 aromatic rings. The van der Waals surface area contributed by atoms with Crippen molar-refractivity contribution >= 4 is 23.0 Å². The number of nitrogens with zero attached hydrogens (tertiary/aromatic N) is 2. The molecule has 1 saturated carbocycles. The third-order valence-corrected chi connectivity index (χ3v) is 4.55. The normalized spacial score (nSPS) is 14.3. The summed E-state index contributed by atoms with van der Waals surface area (Å²) in [6.07, 6.45) is 7.46. The highest BCUT2D eigenvalue weighted by molar-refractivity contribution is 6.30. The number of carbonyl (C=O) groups excluding carboxylic acids is 1. The molecular weight excluding hydrogens is 308 g/mol. The predicted octanol–water partition coefficient (Wildman–Crippen LogP) is 4.57. The molecule has 2 aromatic heterocycles. The van der Waals surface area contributed by atoms with E-state index in [1.807, 2.05) is 47.1 Å². The monoisotopic (exact) mass is 324 g/mol. The summed E-state index contributed by atoms with van der Waals surface area (Å²) in [5.41, 5.74) is 3.96. The second kappa shape index (κ2) is 5.82. The van der Waals surface area contributed by atoms with Crippen molar-refractivity contribution in [3.05, 3.63) is 59.4 Å². The molecule has 4 rings (SSSR count). The van der Waals surface area contributed by atoms with E-state index in [-0.39, 0.29) is 0 Å². The lowest BCUT2D eigenvalue weighted by molar-refractivity contribution is -0.118. The number of rotatable bonds is 5. The molecule has 0 amide bonds. The summed E-state index contributed by atoms with van der Waals surface area (Å²) in [6, 6.07) is 11.9. The Bertz CT molecular complexity index is 880. The van der Waals surface area contributed by atoms with Crippen LogP contribution in [0, 0.1) is 5.92 Å². The molecule has 0 atom stereocenters. The van der Waals surface area contributed by atoms with Crippen LogP contribution in [0.3, 0.4) is 0 Å². The number of imidazole rings is 1. The van der Waals surface area contributed by atoms with Gasteiger partial charge in [0.25, 0.3) is 0 Å². The molecule has 0 N–H and O–H groups in total. The quantitative estimate of drug-likeness (QED) is 0.689. The van der Waals surface area contributed by atoms with Gasteiger partial charge >= 0.3 is 0 Å². The van der Waals surface area contributed by atoms with Gasteiger partial charge in [0.2, 0.25) is 0 Å². The molecule has 3 nitrogen and oxygen atoms in total. The van der Waals surface area contributed by atoms with Gasteiger partial charge in [-0.2, -0.15) is 0 Å². The van der Waals surface area contributed by atoms with Crippen molar-refractivity contribution in [1.29, 1.82) is 0 Å². The Labute approximate surface area is 139 Å². The molecule has 0 aliphatic heterocycles. The van der Waals surface area contributed by atoms with E-state index in [2.05, 4.69) is 11.1 Å². The topological polar surface area (TPSA) is 34.4 Å². The molecular formula is C19H17ClN2O. The minimum atomic E-state index is 0.342. The summed E-state index contributed by atoms with van der Waals surface area (Å²) in [7, 11) is 0. The molecule has 4 heteroatoms. The zero-order valence-electron chi connectivity index (χ0n) is 12.7. The second-order valence-electron chi connectivity index (χ2n) is 6.28. The predicted molar refractivity (Wildman–Crippen MR) is 91.7 cm³/mol. The van der Waals surface area contributed by atoms with Gasteiger partial charge in [-0.1, -0.05) is 29.8 Å². The van der Waals surface area contributed by atoms with Gasteiger partial charge < -0.3 is 0 Å². The van der Waals surface area contributed by atoms with Crippen LogP contribution in [-0.4, -0.2) is 15.2 Å². The van der Waals surface area contributed by atoms with Gasteiger partial charge in [0, 0.05) is 35.7 Å². The van der Waals surface area contributed by atoms with E-state index in [4.69, 9.17) is 11.6 Å². The van der Waals surface area contributed by atoms with E-state index in [9.17, 15) is 4.79 Å². The van der Waals surface area contributed by atoms with Crippen LogP contribution < -0.4 is 0 Å². The minimum absolute atomic E-state index is 0.342. The van der Waals surface area contributed by atoms with E-state index < -0.39 is 0 Å². The molecule has 0 radical (unpaired) electrons. The number of fused-ring (bicyclic) bond motifs is 1. The number of hydrogen-bond acceptors (Lipinski definition) is 2. The van der Waals surface area contributed by atoms with Gasteiger partial charge in [-0.15, -0.1) is 0 Å². The fourth-order valence-electron chi connectivity index (χ4n) is 2.95. The Morgan fingerprint density at radius 1 is 1.26 bits per heavy atom. The van der Waals surface area contributed by atoms with Gasteiger partial charge in [-0.05, 0) is 36.5 Å². The first-order valence-electron chi connectivity index (χ1n) is 7.93. The zero-order chi connectivity index (χ0) is 15.8. The number of halogens is 1. The van der Waals surface area contributed by atoms with Crippen molar-refractivity contribution in [2.24, 2.45) is 5.92 Å². The lowest BCUT2D eigenvalue weighted by Gasteiger charge is -2.06. The summed E-state index contributed by atoms with van der Waals surface area (Å²) in [5.74, 6) is 0.990. The molecule has 1 aliphatic rings. The Morgan fingerprint density at radius 2 is 2.13 bits per heavy atom. The number of hydrogen-bond donors (Lipinski definition) is 0. The van der Waals surface area contributed by atoms with Crippen LogP contribution in [0.5, 0.6) is 0 Å². The standard InChI is InChI=1S/C19H17ClN2O/c20-16-6-7-22-18(12-21-19(22)11-16)15-3-1-2-14(8-15)10-17(23)9-13-4-5-13/h1-3,6-8,11-13H,4-5,9-10H2.